The van der Waals surface area contributed by atoms with Gasteiger partial charge in [0.25, 0.3) is 0 Å². The summed E-state index contributed by atoms with van der Waals surface area (Å²) in [6.07, 6.45) is 0. The third-order valence-corrected chi connectivity index (χ3v) is 2.75. The number of halogens is 1. The van der Waals surface area contributed by atoms with Crippen molar-refractivity contribution in [1.29, 1.82) is 0 Å². The summed E-state index contributed by atoms with van der Waals surface area (Å²) in [4.78, 5) is 11.3. The van der Waals surface area contributed by atoms with Gasteiger partial charge in [0.2, 0.25) is 5.91 Å². The molecule has 0 heterocycles. The summed E-state index contributed by atoms with van der Waals surface area (Å²) >= 11 is 3.36. The topological polar surface area (TPSA) is 55.1 Å². The summed E-state index contributed by atoms with van der Waals surface area (Å²) in [5.41, 5.74) is 6.28. The molecule has 1 atom stereocenters. The van der Waals surface area contributed by atoms with Crippen LogP contribution in [-0.4, -0.2) is 12.5 Å². The number of primary amides is 1. The highest BCUT2D eigenvalue weighted by atomic mass is 79.9. The molecular weight excluding hydrogens is 268 g/mol. The molecular formula is C12H17BrN2O. The Kier molecular flexibility index (Phi) is 4.96. The Hall–Kier alpha value is -0.870. The van der Waals surface area contributed by atoms with E-state index in [2.05, 4.69) is 35.1 Å². The maximum absolute atomic E-state index is 11.3. The lowest BCUT2D eigenvalue weighted by Gasteiger charge is -2.17. The van der Waals surface area contributed by atoms with Crippen molar-refractivity contribution in [2.24, 2.45) is 11.7 Å². The first kappa shape index (κ1) is 13.2. The first-order valence-corrected chi connectivity index (χ1v) is 6.08. The van der Waals surface area contributed by atoms with Gasteiger partial charge in [-0.05, 0) is 30.2 Å². The predicted molar refractivity (Wildman–Crippen MR) is 68.9 cm³/mol. The van der Waals surface area contributed by atoms with Crippen LogP contribution in [-0.2, 0) is 4.79 Å². The number of amides is 1. The molecule has 88 valence electrons. The summed E-state index contributed by atoms with van der Waals surface area (Å²) in [5.74, 6) is 0.139. The lowest BCUT2D eigenvalue weighted by Crippen LogP contribution is -2.35. The molecule has 0 aliphatic heterocycles. The molecule has 4 heteroatoms. The molecule has 1 unspecified atom stereocenters. The van der Waals surface area contributed by atoms with E-state index in [9.17, 15) is 4.79 Å². The van der Waals surface area contributed by atoms with Gasteiger partial charge in [-0.3, -0.25) is 4.79 Å². The molecule has 1 aromatic rings. The van der Waals surface area contributed by atoms with Gasteiger partial charge < -0.3 is 11.1 Å². The van der Waals surface area contributed by atoms with Gasteiger partial charge in [0, 0.05) is 4.47 Å². The summed E-state index contributed by atoms with van der Waals surface area (Å²) in [6, 6.07) is 7.19. The Morgan fingerprint density at radius 1 is 1.38 bits per heavy atom. The molecule has 1 aromatic carbocycles. The van der Waals surface area contributed by atoms with Crippen LogP contribution in [0.5, 0.6) is 0 Å². The third kappa shape index (κ3) is 3.94. The van der Waals surface area contributed by atoms with Gasteiger partial charge in [-0.1, -0.05) is 41.9 Å². The molecule has 0 spiro atoms. The lowest BCUT2D eigenvalue weighted by atomic mass is 10.1. The SMILES string of the molecule is CC(C)CNC(C(N)=O)c1ccc(Br)cc1. The predicted octanol–water partition coefficient (Wildman–Crippen LogP) is 2.22. The molecule has 16 heavy (non-hydrogen) atoms. The van der Waals surface area contributed by atoms with E-state index in [-0.39, 0.29) is 5.91 Å². The average Bonchev–Trinajstić information content (AvgIpc) is 2.20. The van der Waals surface area contributed by atoms with Crippen LogP contribution >= 0.6 is 15.9 Å². The van der Waals surface area contributed by atoms with Gasteiger partial charge >= 0.3 is 0 Å². The molecule has 0 saturated carbocycles. The minimum Gasteiger partial charge on any atom is -0.368 e. The number of rotatable bonds is 5. The summed E-state index contributed by atoms with van der Waals surface area (Å²) in [5, 5.41) is 3.16. The van der Waals surface area contributed by atoms with Crippen LogP contribution in [0.4, 0.5) is 0 Å². The highest BCUT2D eigenvalue weighted by Gasteiger charge is 2.16. The second-order valence-electron chi connectivity index (χ2n) is 4.19. The van der Waals surface area contributed by atoms with Gasteiger partial charge in [-0.25, -0.2) is 0 Å². The van der Waals surface area contributed by atoms with Crippen molar-refractivity contribution < 1.29 is 4.79 Å². The van der Waals surface area contributed by atoms with Gasteiger partial charge in [0.1, 0.15) is 6.04 Å². The molecule has 0 aliphatic carbocycles. The Labute approximate surface area is 105 Å². The van der Waals surface area contributed by atoms with Crippen molar-refractivity contribution in [2.75, 3.05) is 6.54 Å². The molecule has 0 aliphatic rings. The zero-order chi connectivity index (χ0) is 12.1. The minimum atomic E-state index is -0.407. The number of benzene rings is 1. The number of hydrogen-bond donors (Lipinski definition) is 2. The fourth-order valence-corrected chi connectivity index (χ4v) is 1.66. The van der Waals surface area contributed by atoms with Gasteiger partial charge in [-0.15, -0.1) is 0 Å². The van der Waals surface area contributed by atoms with Crippen molar-refractivity contribution in [2.45, 2.75) is 19.9 Å². The number of carbonyl (C=O) groups is 1. The molecule has 0 aromatic heterocycles. The Morgan fingerprint density at radius 3 is 2.38 bits per heavy atom. The van der Waals surface area contributed by atoms with Gasteiger partial charge in [0.05, 0.1) is 0 Å². The molecule has 0 radical (unpaired) electrons. The van der Waals surface area contributed by atoms with Crippen LogP contribution in [0.1, 0.15) is 25.5 Å². The van der Waals surface area contributed by atoms with E-state index in [4.69, 9.17) is 5.73 Å². The maximum atomic E-state index is 11.3. The smallest absolute Gasteiger partial charge is 0.239 e. The lowest BCUT2D eigenvalue weighted by molar-refractivity contribution is -0.120. The minimum absolute atomic E-state index is 0.344. The number of nitrogens with one attached hydrogen (secondary N) is 1. The Balaban J connectivity index is 2.77. The fourth-order valence-electron chi connectivity index (χ4n) is 1.39. The van der Waals surface area contributed by atoms with E-state index in [1.807, 2.05) is 24.3 Å². The third-order valence-electron chi connectivity index (χ3n) is 2.22. The number of carbonyl (C=O) groups excluding carboxylic acids is 1. The zero-order valence-corrected chi connectivity index (χ0v) is 11.1. The van der Waals surface area contributed by atoms with Crippen molar-refractivity contribution in [1.82, 2.24) is 5.32 Å². The summed E-state index contributed by atoms with van der Waals surface area (Å²) in [6.45, 7) is 4.95. The second kappa shape index (κ2) is 6.01. The van der Waals surface area contributed by atoms with E-state index in [1.165, 1.54) is 0 Å². The van der Waals surface area contributed by atoms with E-state index in [1.54, 1.807) is 0 Å². The Morgan fingerprint density at radius 2 is 1.94 bits per heavy atom. The summed E-state index contributed by atoms with van der Waals surface area (Å²) in [7, 11) is 0. The van der Waals surface area contributed by atoms with Crippen molar-refractivity contribution in [3.8, 4) is 0 Å². The molecule has 3 nitrogen and oxygen atoms in total. The molecule has 1 amide bonds. The average molecular weight is 285 g/mol. The molecule has 1 rings (SSSR count). The maximum Gasteiger partial charge on any atom is 0.239 e. The number of nitrogens with two attached hydrogens (primary N) is 1. The van der Waals surface area contributed by atoms with Crippen LogP contribution in [0.15, 0.2) is 28.7 Å². The van der Waals surface area contributed by atoms with Crippen LogP contribution in [0.3, 0.4) is 0 Å². The van der Waals surface area contributed by atoms with Gasteiger partial charge in [0.15, 0.2) is 0 Å². The van der Waals surface area contributed by atoms with Crippen molar-refractivity contribution in [3.63, 3.8) is 0 Å². The van der Waals surface area contributed by atoms with Crippen LogP contribution in [0, 0.1) is 5.92 Å². The zero-order valence-electron chi connectivity index (χ0n) is 9.53. The summed E-state index contributed by atoms with van der Waals surface area (Å²) < 4.78 is 0.989. The van der Waals surface area contributed by atoms with E-state index in [0.29, 0.717) is 5.92 Å². The molecule has 0 saturated heterocycles. The van der Waals surface area contributed by atoms with Crippen LogP contribution in [0.25, 0.3) is 0 Å². The standard InChI is InChI=1S/C12H17BrN2O/c1-8(2)7-15-11(12(14)16)9-3-5-10(13)6-4-9/h3-6,8,11,15H,7H2,1-2H3,(H2,14,16). The quantitative estimate of drug-likeness (QED) is 0.871. The Bertz CT molecular complexity index is 349. The van der Waals surface area contributed by atoms with E-state index < -0.39 is 6.04 Å². The van der Waals surface area contributed by atoms with Gasteiger partial charge in [-0.2, -0.15) is 0 Å². The highest BCUT2D eigenvalue weighted by molar-refractivity contribution is 9.10. The van der Waals surface area contributed by atoms with Crippen LogP contribution in [0.2, 0.25) is 0 Å². The largest absolute Gasteiger partial charge is 0.368 e. The van der Waals surface area contributed by atoms with E-state index >= 15 is 0 Å². The number of hydrogen-bond acceptors (Lipinski definition) is 2. The van der Waals surface area contributed by atoms with Crippen molar-refractivity contribution in [3.05, 3.63) is 34.3 Å². The van der Waals surface area contributed by atoms with Crippen molar-refractivity contribution >= 4 is 21.8 Å². The molecule has 0 fully saturated rings. The highest BCUT2D eigenvalue weighted by Crippen LogP contribution is 2.16. The fraction of sp³-hybridized carbons (Fsp3) is 0.417. The first-order chi connectivity index (χ1) is 7.50. The van der Waals surface area contributed by atoms with Crippen LogP contribution < -0.4 is 11.1 Å². The second-order valence-corrected chi connectivity index (χ2v) is 5.10. The monoisotopic (exact) mass is 284 g/mol. The van der Waals surface area contributed by atoms with E-state index in [0.717, 1.165) is 16.6 Å². The first-order valence-electron chi connectivity index (χ1n) is 5.29. The molecule has 3 N–H and O–H groups in total. The normalized spacial score (nSPS) is 12.8. The molecule has 0 bridgehead atoms.